The molecule has 64 valence electrons. The summed E-state index contributed by atoms with van der Waals surface area (Å²) in [6.07, 6.45) is 8.63. The summed E-state index contributed by atoms with van der Waals surface area (Å²) in [6.45, 7) is 0. The van der Waals surface area contributed by atoms with E-state index < -0.39 is 0 Å². The summed E-state index contributed by atoms with van der Waals surface area (Å²) in [7, 11) is 0. The van der Waals surface area contributed by atoms with Crippen LogP contribution in [0.1, 0.15) is 37.2 Å². The van der Waals surface area contributed by atoms with E-state index in [1.165, 1.54) is 31.2 Å². The third-order valence-corrected chi connectivity index (χ3v) is 2.59. The molecule has 1 saturated carbocycles. The Morgan fingerprint density at radius 2 is 1.83 bits per heavy atom. The summed E-state index contributed by atoms with van der Waals surface area (Å²) in [5.74, 6) is 0.639. The van der Waals surface area contributed by atoms with Gasteiger partial charge in [0.15, 0.2) is 0 Å². The molecule has 0 atom stereocenters. The molecule has 3 nitrogen and oxygen atoms in total. The predicted molar refractivity (Wildman–Crippen MR) is 47.7 cm³/mol. The Morgan fingerprint density at radius 3 is 2.50 bits per heavy atom. The van der Waals surface area contributed by atoms with Gasteiger partial charge in [0.05, 0.1) is 18.1 Å². The average Bonchev–Trinajstić information content (AvgIpc) is 2.57. The molecule has 1 heterocycles. The van der Waals surface area contributed by atoms with Gasteiger partial charge in [-0.3, -0.25) is 0 Å². The molecule has 0 saturated heterocycles. The van der Waals surface area contributed by atoms with Crippen LogP contribution >= 0.6 is 0 Å². The Balaban J connectivity index is 2.26. The van der Waals surface area contributed by atoms with Crippen molar-refractivity contribution in [2.75, 3.05) is 5.73 Å². The lowest BCUT2D eigenvalue weighted by Gasteiger charge is -2.09. The third kappa shape index (κ3) is 1.26. The second-order valence-corrected chi connectivity index (χ2v) is 3.38. The first-order valence-corrected chi connectivity index (χ1v) is 4.44. The van der Waals surface area contributed by atoms with Crippen LogP contribution in [0.5, 0.6) is 0 Å². The quantitative estimate of drug-likeness (QED) is 0.685. The van der Waals surface area contributed by atoms with E-state index in [9.17, 15) is 0 Å². The Labute approximate surface area is 72.0 Å². The molecule has 0 bridgehead atoms. The lowest BCUT2D eigenvalue weighted by molar-refractivity contribution is 0.717. The van der Waals surface area contributed by atoms with Gasteiger partial charge in [0.2, 0.25) is 0 Å². The topological polar surface area (TPSA) is 51.8 Å². The van der Waals surface area contributed by atoms with Gasteiger partial charge in [-0.2, -0.15) is 10.2 Å². The Morgan fingerprint density at radius 1 is 1.17 bits per heavy atom. The van der Waals surface area contributed by atoms with Crippen LogP contribution in [0.15, 0.2) is 12.4 Å². The Bertz CT molecular complexity index is 266. The fourth-order valence-electron chi connectivity index (χ4n) is 1.92. The number of aromatic nitrogens is 2. The minimum absolute atomic E-state index is 0.639. The van der Waals surface area contributed by atoms with Crippen molar-refractivity contribution < 1.29 is 0 Å². The highest BCUT2D eigenvalue weighted by Gasteiger charge is 2.19. The lowest BCUT2D eigenvalue weighted by Crippen LogP contribution is -2.00. The van der Waals surface area contributed by atoms with Crippen LogP contribution in [0.2, 0.25) is 0 Å². The highest BCUT2D eigenvalue weighted by molar-refractivity contribution is 5.44. The normalized spacial score (nSPS) is 18.3. The van der Waals surface area contributed by atoms with Crippen molar-refractivity contribution in [2.45, 2.75) is 31.6 Å². The number of hydrogen-bond donors (Lipinski definition) is 1. The van der Waals surface area contributed by atoms with E-state index in [0.717, 1.165) is 5.69 Å². The summed E-state index contributed by atoms with van der Waals surface area (Å²) >= 11 is 0. The van der Waals surface area contributed by atoms with Crippen LogP contribution in [-0.4, -0.2) is 10.2 Å². The average molecular weight is 163 g/mol. The van der Waals surface area contributed by atoms with Crippen molar-refractivity contribution in [1.82, 2.24) is 10.2 Å². The van der Waals surface area contributed by atoms with E-state index >= 15 is 0 Å². The number of rotatable bonds is 1. The SMILES string of the molecule is Nc1cnncc1C1CCCC1. The van der Waals surface area contributed by atoms with Crippen molar-refractivity contribution in [3.63, 3.8) is 0 Å². The van der Waals surface area contributed by atoms with Crippen LogP contribution in [0.3, 0.4) is 0 Å². The molecule has 3 heteroatoms. The maximum absolute atomic E-state index is 5.80. The molecule has 1 aliphatic rings. The molecule has 0 radical (unpaired) electrons. The monoisotopic (exact) mass is 163 g/mol. The molecule has 1 aliphatic carbocycles. The predicted octanol–water partition coefficient (Wildman–Crippen LogP) is 1.72. The van der Waals surface area contributed by atoms with Crippen LogP contribution in [-0.2, 0) is 0 Å². The van der Waals surface area contributed by atoms with Gasteiger partial charge >= 0.3 is 0 Å². The molecule has 0 unspecified atom stereocenters. The molecule has 0 aliphatic heterocycles. The Kier molecular flexibility index (Phi) is 1.94. The standard InChI is InChI=1S/C9H13N3/c10-9-6-12-11-5-8(9)7-3-1-2-4-7/h5-7H,1-4H2,(H2,10,11). The molecular formula is C9H13N3. The fourth-order valence-corrected chi connectivity index (χ4v) is 1.92. The molecule has 1 aromatic heterocycles. The van der Waals surface area contributed by atoms with Crippen molar-refractivity contribution in [2.24, 2.45) is 0 Å². The maximum Gasteiger partial charge on any atom is 0.0728 e. The number of nitrogen functional groups attached to an aromatic ring is 1. The first kappa shape index (κ1) is 7.53. The van der Waals surface area contributed by atoms with Gasteiger partial charge < -0.3 is 5.73 Å². The highest BCUT2D eigenvalue weighted by Crippen LogP contribution is 2.35. The zero-order valence-electron chi connectivity index (χ0n) is 7.03. The smallest absolute Gasteiger partial charge is 0.0728 e. The molecule has 2 rings (SSSR count). The Hall–Kier alpha value is -1.12. The molecular weight excluding hydrogens is 150 g/mol. The van der Waals surface area contributed by atoms with Gasteiger partial charge in [0, 0.05) is 0 Å². The molecule has 1 aromatic rings. The van der Waals surface area contributed by atoms with E-state index in [1.54, 1.807) is 6.20 Å². The van der Waals surface area contributed by atoms with Crippen LogP contribution < -0.4 is 5.73 Å². The van der Waals surface area contributed by atoms with Crippen LogP contribution in [0, 0.1) is 0 Å². The summed E-state index contributed by atoms with van der Waals surface area (Å²) in [5, 5.41) is 7.60. The van der Waals surface area contributed by atoms with E-state index in [2.05, 4.69) is 10.2 Å². The second-order valence-electron chi connectivity index (χ2n) is 3.38. The molecule has 0 aromatic carbocycles. The zero-order chi connectivity index (χ0) is 8.39. The van der Waals surface area contributed by atoms with E-state index in [-0.39, 0.29) is 0 Å². The molecule has 0 amide bonds. The van der Waals surface area contributed by atoms with Crippen molar-refractivity contribution in [1.29, 1.82) is 0 Å². The molecule has 0 spiro atoms. The van der Waals surface area contributed by atoms with Gasteiger partial charge in [-0.25, -0.2) is 0 Å². The zero-order valence-corrected chi connectivity index (χ0v) is 7.03. The number of nitrogens with two attached hydrogens (primary N) is 1. The molecule has 2 N–H and O–H groups in total. The van der Waals surface area contributed by atoms with Gasteiger partial charge in [0.25, 0.3) is 0 Å². The van der Waals surface area contributed by atoms with Crippen LogP contribution in [0.25, 0.3) is 0 Å². The van der Waals surface area contributed by atoms with E-state index in [1.807, 2.05) is 6.20 Å². The fraction of sp³-hybridized carbons (Fsp3) is 0.556. The molecule has 1 fully saturated rings. The second kappa shape index (κ2) is 3.09. The summed E-state index contributed by atoms with van der Waals surface area (Å²) < 4.78 is 0. The van der Waals surface area contributed by atoms with Crippen molar-refractivity contribution in [3.8, 4) is 0 Å². The van der Waals surface area contributed by atoms with Crippen molar-refractivity contribution in [3.05, 3.63) is 18.0 Å². The van der Waals surface area contributed by atoms with Gasteiger partial charge in [-0.15, -0.1) is 0 Å². The maximum atomic E-state index is 5.80. The van der Waals surface area contributed by atoms with Gasteiger partial charge in [-0.1, -0.05) is 12.8 Å². The largest absolute Gasteiger partial charge is 0.397 e. The first-order valence-electron chi connectivity index (χ1n) is 4.44. The van der Waals surface area contributed by atoms with Gasteiger partial charge in [-0.05, 0) is 24.3 Å². The summed E-state index contributed by atoms with van der Waals surface area (Å²) in [5.41, 5.74) is 7.80. The van der Waals surface area contributed by atoms with E-state index in [0.29, 0.717) is 5.92 Å². The summed E-state index contributed by atoms with van der Waals surface area (Å²) in [4.78, 5) is 0. The molecule has 12 heavy (non-hydrogen) atoms. The number of nitrogens with zero attached hydrogens (tertiary/aromatic N) is 2. The first-order chi connectivity index (χ1) is 5.88. The summed E-state index contributed by atoms with van der Waals surface area (Å²) in [6, 6.07) is 0. The number of hydrogen-bond acceptors (Lipinski definition) is 3. The minimum Gasteiger partial charge on any atom is -0.397 e. The van der Waals surface area contributed by atoms with Crippen molar-refractivity contribution >= 4 is 5.69 Å². The van der Waals surface area contributed by atoms with Gasteiger partial charge in [0.1, 0.15) is 0 Å². The third-order valence-electron chi connectivity index (χ3n) is 2.59. The van der Waals surface area contributed by atoms with E-state index in [4.69, 9.17) is 5.73 Å². The lowest BCUT2D eigenvalue weighted by atomic mass is 9.99. The highest BCUT2D eigenvalue weighted by atomic mass is 15.1. The minimum atomic E-state index is 0.639. The van der Waals surface area contributed by atoms with Crippen LogP contribution in [0.4, 0.5) is 5.69 Å². The number of anilines is 1.